The Bertz CT molecular complexity index is 360. The van der Waals surface area contributed by atoms with Crippen LogP contribution in [-0.2, 0) is 6.54 Å². The second-order valence-electron chi connectivity index (χ2n) is 4.36. The Labute approximate surface area is 102 Å². The van der Waals surface area contributed by atoms with Crippen molar-refractivity contribution in [1.29, 1.82) is 0 Å². The maximum absolute atomic E-state index is 11.8. The van der Waals surface area contributed by atoms with Crippen LogP contribution < -0.4 is 11.1 Å². The Kier molecular flexibility index (Phi) is 5.12. The van der Waals surface area contributed by atoms with E-state index in [1.165, 1.54) is 0 Å². The number of hydrogen-bond acceptors (Lipinski definition) is 3. The van der Waals surface area contributed by atoms with Crippen LogP contribution in [0.1, 0.15) is 36.2 Å². The number of carbonyl (C=O) groups excluding carboxylic acids is 1. The molecule has 1 aromatic carbocycles. The summed E-state index contributed by atoms with van der Waals surface area (Å²) < 4.78 is 0. The molecule has 4 heteroatoms. The number of carbonyl (C=O) groups is 1. The third-order valence-electron chi connectivity index (χ3n) is 2.52. The van der Waals surface area contributed by atoms with Gasteiger partial charge in [0.25, 0.3) is 5.91 Å². The van der Waals surface area contributed by atoms with Crippen molar-refractivity contribution in [3.8, 4) is 0 Å². The largest absolute Gasteiger partial charge is 0.393 e. The van der Waals surface area contributed by atoms with E-state index in [1.54, 1.807) is 19.1 Å². The molecule has 0 spiro atoms. The summed E-state index contributed by atoms with van der Waals surface area (Å²) in [6.07, 6.45) is 0.136. The highest BCUT2D eigenvalue weighted by Crippen LogP contribution is 2.05. The number of amides is 1. The molecule has 1 rings (SSSR count). The molecule has 1 amide bonds. The minimum absolute atomic E-state index is 0.0447. The third kappa shape index (κ3) is 4.54. The summed E-state index contributed by atoms with van der Waals surface area (Å²) in [5.41, 5.74) is 7.09. The lowest BCUT2D eigenvalue weighted by molar-refractivity contribution is 0.0923. The van der Waals surface area contributed by atoms with E-state index in [-0.39, 0.29) is 11.9 Å². The summed E-state index contributed by atoms with van der Waals surface area (Å²) in [4.78, 5) is 11.8. The molecule has 0 saturated heterocycles. The molecular weight excluding hydrogens is 216 g/mol. The highest BCUT2D eigenvalue weighted by Gasteiger charge is 2.11. The van der Waals surface area contributed by atoms with Crippen molar-refractivity contribution in [3.05, 3.63) is 35.4 Å². The molecule has 2 atom stereocenters. The van der Waals surface area contributed by atoms with Gasteiger partial charge >= 0.3 is 0 Å². The zero-order valence-electron chi connectivity index (χ0n) is 10.3. The van der Waals surface area contributed by atoms with E-state index in [2.05, 4.69) is 5.32 Å². The minimum atomic E-state index is -0.412. The van der Waals surface area contributed by atoms with Crippen molar-refractivity contribution in [2.24, 2.45) is 5.73 Å². The summed E-state index contributed by atoms with van der Waals surface area (Å²) in [5.74, 6) is -0.123. The van der Waals surface area contributed by atoms with E-state index in [0.717, 1.165) is 5.56 Å². The second-order valence-corrected chi connectivity index (χ2v) is 4.36. The number of aliphatic hydroxyl groups is 1. The number of nitrogens with two attached hydrogens (primary N) is 1. The number of rotatable bonds is 5. The van der Waals surface area contributed by atoms with Gasteiger partial charge in [-0.05, 0) is 38.0 Å². The van der Waals surface area contributed by atoms with Gasteiger partial charge in [-0.15, -0.1) is 0 Å². The van der Waals surface area contributed by atoms with E-state index >= 15 is 0 Å². The molecule has 1 aromatic rings. The van der Waals surface area contributed by atoms with Crippen molar-refractivity contribution < 1.29 is 9.90 Å². The first-order valence-corrected chi connectivity index (χ1v) is 5.81. The molecule has 0 bridgehead atoms. The Morgan fingerprint density at radius 3 is 2.41 bits per heavy atom. The number of aliphatic hydroxyl groups excluding tert-OH is 1. The molecule has 17 heavy (non-hydrogen) atoms. The Balaban J connectivity index is 2.57. The van der Waals surface area contributed by atoms with E-state index in [4.69, 9.17) is 5.73 Å². The second kappa shape index (κ2) is 6.37. The fourth-order valence-electron chi connectivity index (χ4n) is 1.67. The van der Waals surface area contributed by atoms with Crippen molar-refractivity contribution in [1.82, 2.24) is 5.32 Å². The van der Waals surface area contributed by atoms with Crippen LogP contribution in [0.3, 0.4) is 0 Å². The van der Waals surface area contributed by atoms with Crippen molar-refractivity contribution in [2.45, 2.75) is 39.0 Å². The van der Waals surface area contributed by atoms with Gasteiger partial charge in [-0.1, -0.05) is 12.1 Å². The zero-order valence-corrected chi connectivity index (χ0v) is 10.3. The van der Waals surface area contributed by atoms with Gasteiger partial charge in [-0.3, -0.25) is 4.79 Å². The highest BCUT2D eigenvalue weighted by molar-refractivity contribution is 5.94. The summed E-state index contributed by atoms with van der Waals surface area (Å²) in [5, 5.41) is 12.0. The lowest BCUT2D eigenvalue weighted by atomic mass is 10.1. The van der Waals surface area contributed by atoms with Crippen LogP contribution in [0.25, 0.3) is 0 Å². The maximum atomic E-state index is 11.8. The molecule has 0 aromatic heterocycles. The molecule has 0 aliphatic carbocycles. The van der Waals surface area contributed by atoms with Crippen LogP contribution in [0.5, 0.6) is 0 Å². The van der Waals surface area contributed by atoms with Crippen LogP contribution in [0.2, 0.25) is 0 Å². The monoisotopic (exact) mass is 236 g/mol. The first kappa shape index (κ1) is 13.7. The van der Waals surface area contributed by atoms with Gasteiger partial charge in [0.05, 0.1) is 6.10 Å². The van der Waals surface area contributed by atoms with Crippen LogP contribution in [0.4, 0.5) is 0 Å². The summed E-state index contributed by atoms with van der Waals surface area (Å²) in [7, 11) is 0. The standard InChI is InChI=1S/C13H20N2O2/c1-9(7-10(2)16)15-13(17)12-5-3-11(8-14)4-6-12/h3-6,9-10,16H,7-8,14H2,1-2H3,(H,15,17). The zero-order chi connectivity index (χ0) is 12.8. The van der Waals surface area contributed by atoms with Crippen molar-refractivity contribution >= 4 is 5.91 Å². The fourth-order valence-corrected chi connectivity index (χ4v) is 1.67. The van der Waals surface area contributed by atoms with Crippen molar-refractivity contribution in [2.75, 3.05) is 0 Å². The molecule has 0 saturated carbocycles. The SMILES string of the molecule is CC(O)CC(C)NC(=O)c1ccc(CN)cc1. The average molecular weight is 236 g/mol. The molecule has 2 unspecified atom stereocenters. The quantitative estimate of drug-likeness (QED) is 0.715. The van der Waals surface area contributed by atoms with Gasteiger partial charge in [0.2, 0.25) is 0 Å². The van der Waals surface area contributed by atoms with Crippen molar-refractivity contribution in [3.63, 3.8) is 0 Å². The molecule has 0 aliphatic heterocycles. The van der Waals surface area contributed by atoms with Crippen LogP contribution in [0.15, 0.2) is 24.3 Å². The fraction of sp³-hybridized carbons (Fsp3) is 0.462. The topological polar surface area (TPSA) is 75.3 Å². The first-order chi connectivity index (χ1) is 8.02. The molecule has 94 valence electrons. The van der Waals surface area contributed by atoms with Gasteiger partial charge in [0.15, 0.2) is 0 Å². The lowest BCUT2D eigenvalue weighted by Crippen LogP contribution is -2.34. The molecule has 0 heterocycles. The van der Waals surface area contributed by atoms with Gasteiger partial charge in [0.1, 0.15) is 0 Å². The van der Waals surface area contributed by atoms with Crippen LogP contribution in [-0.4, -0.2) is 23.2 Å². The predicted molar refractivity (Wildman–Crippen MR) is 67.6 cm³/mol. The third-order valence-corrected chi connectivity index (χ3v) is 2.52. The maximum Gasteiger partial charge on any atom is 0.251 e. The molecule has 4 N–H and O–H groups in total. The lowest BCUT2D eigenvalue weighted by Gasteiger charge is -2.15. The molecular formula is C13H20N2O2. The number of nitrogens with one attached hydrogen (secondary N) is 1. The highest BCUT2D eigenvalue weighted by atomic mass is 16.3. The Hall–Kier alpha value is -1.39. The summed E-state index contributed by atoms with van der Waals surface area (Å²) in [6, 6.07) is 7.15. The van der Waals surface area contributed by atoms with E-state index < -0.39 is 6.10 Å². The number of benzene rings is 1. The van der Waals surface area contributed by atoms with E-state index in [1.807, 2.05) is 19.1 Å². The van der Waals surface area contributed by atoms with Gasteiger partial charge in [-0.2, -0.15) is 0 Å². The van der Waals surface area contributed by atoms with Gasteiger partial charge in [0, 0.05) is 18.2 Å². The average Bonchev–Trinajstić information content (AvgIpc) is 2.28. The predicted octanol–water partition coefficient (Wildman–Crippen LogP) is 1.03. The summed E-state index contributed by atoms with van der Waals surface area (Å²) >= 11 is 0. The van der Waals surface area contributed by atoms with E-state index in [0.29, 0.717) is 18.5 Å². The van der Waals surface area contributed by atoms with E-state index in [9.17, 15) is 9.90 Å². The smallest absolute Gasteiger partial charge is 0.251 e. The van der Waals surface area contributed by atoms with Crippen LogP contribution in [0, 0.1) is 0 Å². The summed E-state index contributed by atoms with van der Waals surface area (Å²) in [6.45, 7) is 4.05. The molecule has 0 radical (unpaired) electrons. The number of hydrogen-bond donors (Lipinski definition) is 3. The van der Waals surface area contributed by atoms with Gasteiger partial charge < -0.3 is 16.2 Å². The normalized spacial score (nSPS) is 14.1. The Morgan fingerprint density at radius 2 is 1.94 bits per heavy atom. The molecule has 0 fully saturated rings. The Morgan fingerprint density at radius 1 is 1.35 bits per heavy atom. The minimum Gasteiger partial charge on any atom is -0.393 e. The molecule has 0 aliphatic rings. The first-order valence-electron chi connectivity index (χ1n) is 5.81. The molecule has 4 nitrogen and oxygen atoms in total. The van der Waals surface area contributed by atoms with Gasteiger partial charge in [-0.25, -0.2) is 0 Å². The van der Waals surface area contributed by atoms with Crippen LogP contribution >= 0.6 is 0 Å².